The zero-order valence-corrected chi connectivity index (χ0v) is 13.8. The topological polar surface area (TPSA) is 63.7 Å². The van der Waals surface area contributed by atoms with Crippen LogP contribution in [0.3, 0.4) is 0 Å². The first-order valence-corrected chi connectivity index (χ1v) is 8.83. The van der Waals surface area contributed by atoms with Gasteiger partial charge in [0.25, 0.3) is 0 Å². The molecule has 0 aromatic carbocycles. The normalized spacial score (nSPS) is 17.6. The molecule has 0 heterocycles. The number of carbonyl (C=O) groups excluding carboxylic acids is 1. The molecule has 0 saturated heterocycles. The van der Waals surface area contributed by atoms with E-state index in [4.69, 9.17) is 0 Å². The first-order chi connectivity index (χ1) is 9.15. The zero-order valence-electron chi connectivity index (χ0n) is 13.0. The van der Waals surface area contributed by atoms with Crippen molar-refractivity contribution < 1.29 is 17.9 Å². The van der Waals surface area contributed by atoms with Gasteiger partial charge in [-0.25, -0.2) is 8.42 Å². The van der Waals surface area contributed by atoms with E-state index >= 15 is 0 Å². The van der Waals surface area contributed by atoms with Crippen LogP contribution >= 0.6 is 0 Å². The Balaban J connectivity index is 2.81. The van der Waals surface area contributed by atoms with E-state index in [2.05, 4.69) is 4.74 Å². The summed E-state index contributed by atoms with van der Waals surface area (Å²) in [5, 5.41) is 0. The Kier molecular flexibility index (Phi) is 6.01. The maximum atomic E-state index is 12.5. The molecule has 1 rings (SSSR count). The summed E-state index contributed by atoms with van der Waals surface area (Å²) in [5.74, 6) is -0.402. The summed E-state index contributed by atoms with van der Waals surface area (Å²) in [5.41, 5.74) is -0.0420. The summed E-state index contributed by atoms with van der Waals surface area (Å²) in [6.45, 7) is 5.89. The molecule has 5 nitrogen and oxygen atoms in total. The number of sulfonamides is 1. The minimum absolute atomic E-state index is 0.0420. The van der Waals surface area contributed by atoms with E-state index in [0.29, 0.717) is 6.42 Å². The maximum absolute atomic E-state index is 12.5. The van der Waals surface area contributed by atoms with Crippen LogP contribution in [0.4, 0.5) is 0 Å². The zero-order chi connectivity index (χ0) is 15.4. The number of ether oxygens (including phenoxy) is 1. The molecule has 0 aliphatic heterocycles. The summed E-state index contributed by atoms with van der Waals surface area (Å²) >= 11 is 0. The van der Waals surface area contributed by atoms with Crippen molar-refractivity contribution in [3.05, 3.63) is 0 Å². The SMILES string of the molecule is COC(=O)CN(C1CCCC1)S(=O)(=O)CCC(C)(C)C. The fourth-order valence-corrected chi connectivity index (χ4v) is 4.46. The Bertz CT molecular complexity index is 419. The summed E-state index contributed by atoms with van der Waals surface area (Å²) in [7, 11) is -2.12. The van der Waals surface area contributed by atoms with E-state index in [9.17, 15) is 13.2 Å². The van der Waals surface area contributed by atoms with Gasteiger partial charge >= 0.3 is 5.97 Å². The fraction of sp³-hybridized carbons (Fsp3) is 0.929. The third-order valence-corrected chi connectivity index (χ3v) is 5.57. The van der Waals surface area contributed by atoms with Crippen molar-refractivity contribution in [1.82, 2.24) is 4.31 Å². The largest absolute Gasteiger partial charge is 0.468 e. The van der Waals surface area contributed by atoms with Crippen LogP contribution in [0.15, 0.2) is 0 Å². The molecule has 1 aliphatic carbocycles. The van der Waals surface area contributed by atoms with E-state index in [-0.39, 0.29) is 23.8 Å². The average Bonchev–Trinajstić information content (AvgIpc) is 2.85. The van der Waals surface area contributed by atoms with Crippen LogP contribution in [0.25, 0.3) is 0 Å². The second-order valence-corrected chi connectivity index (χ2v) is 8.73. The average molecular weight is 305 g/mol. The molecule has 1 aliphatic rings. The number of esters is 1. The first-order valence-electron chi connectivity index (χ1n) is 7.22. The standard InChI is InChI=1S/C14H27NO4S/c1-14(2,3)9-10-20(17,18)15(11-13(16)19-4)12-7-5-6-8-12/h12H,5-11H2,1-4H3. The molecule has 0 radical (unpaired) electrons. The highest BCUT2D eigenvalue weighted by Gasteiger charge is 2.34. The van der Waals surface area contributed by atoms with Crippen molar-refractivity contribution in [1.29, 1.82) is 0 Å². The van der Waals surface area contributed by atoms with Crippen molar-refractivity contribution in [3.8, 4) is 0 Å². The lowest BCUT2D eigenvalue weighted by Gasteiger charge is -2.28. The lowest BCUT2D eigenvalue weighted by atomic mass is 9.94. The third-order valence-electron chi connectivity index (χ3n) is 3.71. The highest BCUT2D eigenvalue weighted by molar-refractivity contribution is 7.89. The summed E-state index contributed by atoms with van der Waals surface area (Å²) in [6, 6.07) is -0.0425. The summed E-state index contributed by atoms with van der Waals surface area (Å²) < 4.78 is 31.1. The van der Waals surface area contributed by atoms with E-state index < -0.39 is 16.0 Å². The van der Waals surface area contributed by atoms with Gasteiger partial charge in [0.2, 0.25) is 10.0 Å². The van der Waals surface area contributed by atoms with Gasteiger partial charge in [-0.3, -0.25) is 4.79 Å². The van der Waals surface area contributed by atoms with Gasteiger partial charge in [0.1, 0.15) is 6.54 Å². The van der Waals surface area contributed by atoms with Gasteiger partial charge in [0.05, 0.1) is 12.9 Å². The van der Waals surface area contributed by atoms with E-state index in [0.717, 1.165) is 25.7 Å². The Morgan fingerprint density at radius 2 is 1.80 bits per heavy atom. The van der Waals surface area contributed by atoms with E-state index in [1.165, 1.54) is 11.4 Å². The van der Waals surface area contributed by atoms with Crippen LogP contribution in [0.5, 0.6) is 0 Å². The molecule has 1 saturated carbocycles. The van der Waals surface area contributed by atoms with Crippen LogP contribution < -0.4 is 0 Å². The number of methoxy groups -OCH3 is 1. The minimum atomic E-state index is -3.41. The molecule has 0 spiro atoms. The molecule has 20 heavy (non-hydrogen) atoms. The Hall–Kier alpha value is -0.620. The molecule has 0 atom stereocenters. The highest BCUT2D eigenvalue weighted by atomic mass is 32.2. The Morgan fingerprint density at radius 3 is 2.25 bits per heavy atom. The van der Waals surface area contributed by atoms with Gasteiger partial charge in [0, 0.05) is 6.04 Å². The lowest BCUT2D eigenvalue weighted by Crippen LogP contribution is -2.44. The minimum Gasteiger partial charge on any atom is -0.468 e. The van der Waals surface area contributed by atoms with Crippen molar-refractivity contribution in [3.63, 3.8) is 0 Å². The fourth-order valence-electron chi connectivity index (χ4n) is 2.39. The van der Waals surface area contributed by atoms with Crippen molar-refractivity contribution in [2.75, 3.05) is 19.4 Å². The number of hydrogen-bond donors (Lipinski definition) is 0. The molecule has 118 valence electrons. The van der Waals surface area contributed by atoms with Crippen LogP contribution in [0, 0.1) is 5.41 Å². The quantitative estimate of drug-likeness (QED) is 0.706. The van der Waals surface area contributed by atoms with Crippen LogP contribution in [0.1, 0.15) is 52.9 Å². The van der Waals surface area contributed by atoms with E-state index in [1.54, 1.807) is 0 Å². The van der Waals surface area contributed by atoms with Crippen LogP contribution in [-0.2, 0) is 19.6 Å². The van der Waals surface area contributed by atoms with Crippen LogP contribution in [-0.4, -0.2) is 44.1 Å². The third kappa shape index (κ3) is 5.40. The van der Waals surface area contributed by atoms with Gasteiger partial charge < -0.3 is 4.74 Å². The van der Waals surface area contributed by atoms with Gasteiger partial charge in [-0.05, 0) is 24.7 Å². The highest BCUT2D eigenvalue weighted by Crippen LogP contribution is 2.27. The van der Waals surface area contributed by atoms with Gasteiger partial charge in [0.15, 0.2) is 0 Å². The van der Waals surface area contributed by atoms with E-state index in [1.807, 2.05) is 20.8 Å². The number of hydrogen-bond acceptors (Lipinski definition) is 4. The second kappa shape index (κ2) is 6.89. The molecule has 6 heteroatoms. The second-order valence-electron chi connectivity index (χ2n) is 6.69. The molecule has 0 aromatic rings. The predicted molar refractivity (Wildman–Crippen MR) is 78.8 cm³/mol. The number of rotatable bonds is 6. The first kappa shape index (κ1) is 17.4. The van der Waals surface area contributed by atoms with Gasteiger partial charge in [-0.1, -0.05) is 33.6 Å². The number of carbonyl (C=O) groups is 1. The molecule has 0 aromatic heterocycles. The summed E-state index contributed by atoms with van der Waals surface area (Å²) in [4.78, 5) is 11.5. The Labute approximate surface area is 122 Å². The molecular weight excluding hydrogens is 278 g/mol. The van der Waals surface area contributed by atoms with Crippen molar-refractivity contribution in [2.45, 2.75) is 58.9 Å². The summed E-state index contributed by atoms with van der Waals surface area (Å²) in [6.07, 6.45) is 4.31. The Morgan fingerprint density at radius 1 is 1.25 bits per heavy atom. The van der Waals surface area contributed by atoms with Crippen LogP contribution in [0.2, 0.25) is 0 Å². The lowest BCUT2D eigenvalue weighted by molar-refractivity contribution is -0.141. The maximum Gasteiger partial charge on any atom is 0.321 e. The molecule has 1 fully saturated rings. The number of nitrogens with zero attached hydrogens (tertiary/aromatic N) is 1. The molecule has 0 unspecified atom stereocenters. The molecular formula is C14H27NO4S. The van der Waals surface area contributed by atoms with Gasteiger partial charge in [-0.2, -0.15) is 4.31 Å². The smallest absolute Gasteiger partial charge is 0.321 e. The molecule has 0 N–H and O–H groups in total. The monoisotopic (exact) mass is 305 g/mol. The van der Waals surface area contributed by atoms with Gasteiger partial charge in [-0.15, -0.1) is 0 Å². The van der Waals surface area contributed by atoms with Crippen molar-refractivity contribution in [2.24, 2.45) is 5.41 Å². The van der Waals surface area contributed by atoms with Crippen molar-refractivity contribution >= 4 is 16.0 Å². The molecule has 0 bridgehead atoms. The molecule has 0 amide bonds. The predicted octanol–water partition coefficient (Wildman–Crippen LogP) is 2.17.